The van der Waals surface area contributed by atoms with Crippen molar-refractivity contribution in [2.45, 2.75) is 6.61 Å². The molecule has 0 aliphatic heterocycles. The molecule has 0 aromatic heterocycles. The number of aromatic carboxylic acids is 1. The second-order valence-electron chi connectivity index (χ2n) is 2.92. The molecular formula is C11H11NO3. The minimum atomic E-state index is -1.01. The molecule has 0 spiro atoms. The summed E-state index contributed by atoms with van der Waals surface area (Å²) in [6.45, 7) is 0.296. The van der Waals surface area contributed by atoms with Crippen LogP contribution in [0.2, 0.25) is 0 Å². The molecule has 1 aromatic carbocycles. The van der Waals surface area contributed by atoms with Crippen molar-refractivity contribution < 1.29 is 14.6 Å². The summed E-state index contributed by atoms with van der Waals surface area (Å²) >= 11 is 0. The van der Waals surface area contributed by atoms with E-state index >= 15 is 0 Å². The number of hydrogen-bond donors (Lipinski definition) is 2. The van der Waals surface area contributed by atoms with Crippen LogP contribution < -0.4 is 5.73 Å². The third-order valence-corrected chi connectivity index (χ3v) is 1.80. The Kier molecular flexibility index (Phi) is 3.72. The van der Waals surface area contributed by atoms with E-state index in [-0.39, 0.29) is 18.8 Å². The molecule has 0 heterocycles. The number of benzene rings is 1. The lowest BCUT2D eigenvalue weighted by Gasteiger charge is -2.06. The van der Waals surface area contributed by atoms with Gasteiger partial charge in [-0.25, -0.2) is 4.79 Å². The van der Waals surface area contributed by atoms with E-state index in [1.54, 1.807) is 6.07 Å². The van der Waals surface area contributed by atoms with Gasteiger partial charge in [-0.15, -0.1) is 6.42 Å². The number of hydrogen-bond acceptors (Lipinski definition) is 3. The SMILES string of the molecule is C#CCOCc1cc(N)ccc1C(=O)O. The predicted octanol–water partition coefficient (Wildman–Crippen LogP) is 1.12. The minimum absolute atomic E-state index is 0.147. The third-order valence-electron chi connectivity index (χ3n) is 1.80. The van der Waals surface area contributed by atoms with E-state index in [1.807, 2.05) is 0 Å². The molecular weight excluding hydrogens is 194 g/mol. The van der Waals surface area contributed by atoms with Crippen LogP contribution in [0, 0.1) is 12.3 Å². The first kappa shape index (κ1) is 11.1. The second kappa shape index (κ2) is 5.03. The highest BCUT2D eigenvalue weighted by atomic mass is 16.5. The lowest BCUT2D eigenvalue weighted by atomic mass is 10.1. The lowest BCUT2D eigenvalue weighted by Crippen LogP contribution is -2.05. The summed E-state index contributed by atoms with van der Waals surface area (Å²) in [7, 11) is 0. The standard InChI is InChI=1S/C11H11NO3/c1-2-5-15-7-8-6-9(12)3-4-10(8)11(13)14/h1,3-4,6H,5,7,12H2,(H,13,14). The minimum Gasteiger partial charge on any atom is -0.478 e. The van der Waals surface area contributed by atoms with Gasteiger partial charge in [0.2, 0.25) is 0 Å². The van der Waals surface area contributed by atoms with Crippen LogP contribution in [0.15, 0.2) is 18.2 Å². The molecule has 1 rings (SSSR count). The van der Waals surface area contributed by atoms with Gasteiger partial charge in [0, 0.05) is 5.69 Å². The van der Waals surface area contributed by atoms with Crippen LogP contribution in [-0.2, 0) is 11.3 Å². The summed E-state index contributed by atoms with van der Waals surface area (Å²) in [6.07, 6.45) is 5.00. The van der Waals surface area contributed by atoms with Crippen LogP contribution in [0.25, 0.3) is 0 Å². The van der Waals surface area contributed by atoms with Crippen LogP contribution in [-0.4, -0.2) is 17.7 Å². The molecule has 3 N–H and O–H groups in total. The van der Waals surface area contributed by atoms with E-state index in [4.69, 9.17) is 22.0 Å². The number of carbonyl (C=O) groups is 1. The maximum Gasteiger partial charge on any atom is 0.336 e. The van der Waals surface area contributed by atoms with Crippen LogP contribution in [0.5, 0.6) is 0 Å². The molecule has 0 saturated carbocycles. The molecule has 4 heteroatoms. The Balaban J connectivity index is 2.88. The van der Waals surface area contributed by atoms with Crippen molar-refractivity contribution in [3.05, 3.63) is 29.3 Å². The fourth-order valence-electron chi connectivity index (χ4n) is 1.16. The molecule has 0 fully saturated rings. The first-order chi connectivity index (χ1) is 7.15. The van der Waals surface area contributed by atoms with Crippen molar-refractivity contribution in [2.24, 2.45) is 0 Å². The van der Waals surface area contributed by atoms with E-state index in [9.17, 15) is 4.79 Å². The Bertz CT molecular complexity index is 407. The van der Waals surface area contributed by atoms with E-state index in [0.717, 1.165) is 0 Å². The first-order valence-electron chi connectivity index (χ1n) is 4.28. The number of ether oxygens (including phenoxy) is 1. The topological polar surface area (TPSA) is 72.5 Å². The highest BCUT2D eigenvalue weighted by Crippen LogP contribution is 2.14. The highest BCUT2D eigenvalue weighted by Gasteiger charge is 2.09. The van der Waals surface area contributed by atoms with Crippen molar-refractivity contribution in [3.8, 4) is 12.3 Å². The summed E-state index contributed by atoms with van der Waals surface area (Å²) in [4.78, 5) is 10.8. The Morgan fingerprint density at radius 3 is 2.93 bits per heavy atom. The van der Waals surface area contributed by atoms with Gasteiger partial charge in [0.25, 0.3) is 0 Å². The van der Waals surface area contributed by atoms with E-state index in [1.165, 1.54) is 12.1 Å². The molecule has 0 unspecified atom stereocenters. The molecule has 0 amide bonds. The fourth-order valence-corrected chi connectivity index (χ4v) is 1.16. The zero-order chi connectivity index (χ0) is 11.3. The molecule has 0 aliphatic carbocycles. The van der Waals surface area contributed by atoms with Crippen LogP contribution in [0.1, 0.15) is 15.9 Å². The monoisotopic (exact) mass is 205 g/mol. The molecule has 4 nitrogen and oxygen atoms in total. The number of carboxylic acids is 1. The number of carboxylic acid groups (broad SMARTS) is 1. The molecule has 1 aromatic rings. The van der Waals surface area contributed by atoms with Crippen molar-refractivity contribution in [2.75, 3.05) is 12.3 Å². The largest absolute Gasteiger partial charge is 0.478 e. The van der Waals surface area contributed by atoms with Gasteiger partial charge in [-0.3, -0.25) is 0 Å². The molecule has 0 aliphatic rings. The zero-order valence-electron chi connectivity index (χ0n) is 8.06. The van der Waals surface area contributed by atoms with E-state index in [0.29, 0.717) is 11.3 Å². The van der Waals surface area contributed by atoms with Crippen LogP contribution >= 0.6 is 0 Å². The molecule has 15 heavy (non-hydrogen) atoms. The van der Waals surface area contributed by atoms with Gasteiger partial charge in [0.05, 0.1) is 12.2 Å². The number of nitrogens with two attached hydrogens (primary N) is 1. The average Bonchev–Trinajstić information content (AvgIpc) is 2.18. The predicted molar refractivity (Wildman–Crippen MR) is 56.3 cm³/mol. The maximum atomic E-state index is 10.8. The average molecular weight is 205 g/mol. The summed E-state index contributed by atoms with van der Waals surface area (Å²) in [5, 5.41) is 8.88. The smallest absolute Gasteiger partial charge is 0.336 e. The van der Waals surface area contributed by atoms with Gasteiger partial charge in [0.15, 0.2) is 0 Å². The molecule has 0 atom stereocenters. The Morgan fingerprint density at radius 1 is 1.60 bits per heavy atom. The molecule has 0 saturated heterocycles. The third kappa shape index (κ3) is 3.01. The summed E-state index contributed by atoms with van der Waals surface area (Å²) < 4.78 is 5.06. The van der Waals surface area contributed by atoms with E-state index in [2.05, 4.69) is 5.92 Å². The van der Waals surface area contributed by atoms with Crippen molar-refractivity contribution >= 4 is 11.7 Å². The van der Waals surface area contributed by atoms with Crippen molar-refractivity contribution in [3.63, 3.8) is 0 Å². The van der Waals surface area contributed by atoms with E-state index < -0.39 is 5.97 Å². The number of rotatable bonds is 4. The molecule has 0 bridgehead atoms. The van der Waals surface area contributed by atoms with Crippen LogP contribution in [0.3, 0.4) is 0 Å². The molecule has 78 valence electrons. The quantitative estimate of drug-likeness (QED) is 0.439. The van der Waals surface area contributed by atoms with Gasteiger partial charge in [-0.2, -0.15) is 0 Å². The number of anilines is 1. The van der Waals surface area contributed by atoms with Gasteiger partial charge in [0.1, 0.15) is 6.61 Å². The van der Waals surface area contributed by atoms with Crippen molar-refractivity contribution in [1.29, 1.82) is 0 Å². The Morgan fingerprint density at radius 2 is 2.33 bits per heavy atom. The summed E-state index contributed by atoms with van der Waals surface area (Å²) in [5.74, 6) is 1.30. The van der Waals surface area contributed by atoms with Gasteiger partial charge < -0.3 is 15.6 Å². The van der Waals surface area contributed by atoms with Crippen LogP contribution in [0.4, 0.5) is 5.69 Å². The lowest BCUT2D eigenvalue weighted by molar-refractivity contribution is 0.0690. The molecule has 0 radical (unpaired) electrons. The first-order valence-corrected chi connectivity index (χ1v) is 4.28. The van der Waals surface area contributed by atoms with Gasteiger partial charge in [-0.1, -0.05) is 5.92 Å². The Labute approximate surface area is 87.7 Å². The fraction of sp³-hybridized carbons (Fsp3) is 0.182. The summed E-state index contributed by atoms with van der Waals surface area (Å²) in [6, 6.07) is 4.56. The Hall–Kier alpha value is -1.99. The van der Waals surface area contributed by atoms with Gasteiger partial charge >= 0.3 is 5.97 Å². The number of nitrogen functional groups attached to an aromatic ring is 1. The van der Waals surface area contributed by atoms with Crippen molar-refractivity contribution in [1.82, 2.24) is 0 Å². The normalized spacial score (nSPS) is 9.53. The summed E-state index contributed by atoms with van der Waals surface area (Å²) in [5.41, 5.74) is 6.75. The van der Waals surface area contributed by atoms with Gasteiger partial charge in [-0.05, 0) is 23.8 Å². The highest BCUT2D eigenvalue weighted by molar-refractivity contribution is 5.89. The maximum absolute atomic E-state index is 10.8. The zero-order valence-corrected chi connectivity index (χ0v) is 8.06. The number of terminal acetylenes is 1. The second-order valence-corrected chi connectivity index (χ2v) is 2.92.